The van der Waals surface area contributed by atoms with Crippen molar-refractivity contribution < 1.29 is 9.47 Å². The first-order chi connectivity index (χ1) is 9.78. The zero-order valence-corrected chi connectivity index (χ0v) is 12.0. The van der Waals surface area contributed by atoms with Gasteiger partial charge >= 0.3 is 0 Å². The lowest BCUT2D eigenvalue weighted by molar-refractivity contribution is 0.171. The molecule has 0 aliphatic carbocycles. The van der Waals surface area contributed by atoms with Crippen LogP contribution in [0.1, 0.15) is 12.5 Å². The van der Waals surface area contributed by atoms with E-state index in [1.807, 2.05) is 42.5 Å². The molecule has 3 nitrogen and oxygen atoms in total. The number of nitrogens with one attached hydrogen (secondary N) is 1. The molecule has 1 N–H and O–H groups in total. The third-order valence-corrected chi connectivity index (χ3v) is 2.95. The van der Waals surface area contributed by atoms with Crippen molar-refractivity contribution in [2.24, 2.45) is 0 Å². The van der Waals surface area contributed by atoms with E-state index in [1.54, 1.807) is 7.11 Å². The maximum atomic E-state index is 5.82. The van der Waals surface area contributed by atoms with Gasteiger partial charge in [0.15, 0.2) is 0 Å². The summed E-state index contributed by atoms with van der Waals surface area (Å²) in [5.74, 6) is 1.71. The van der Waals surface area contributed by atoms with E-state index in [4.69, 9.17) is 9.47 Å². The summed E-state index contributed by atoms with van der Waals surface area (Å²) in [5.41, 5.74) is 1.20. The molecule has 3 heteroatoms. The first kappa shape index (κ1) is 14.6. The summed E-state index contributed by atoms with van der Waals surface area (Å²) in [7, 11) is 1.71. The average molecular weight is 271 g/mol. The van der Waals surface area contributed by atoms with Crippen LogP contribution in [0, 0.1) is 0 Å². The molecule has 0 radical (unpaired) electrons. The predicted molar refractivity (Wildman–Crippen MR) is 81.1 cm³/mol. The molecule has 0 unspecified atom stereocenters. The number of hydrogen-bond acceptors (Lipinski definition) is 3. The van der Waals surface area contributed by atoms with Crippen molar-refractivity contribution >= 4 is 0 Å². The van der Waals surface area contributed by atoms with Crippen LogP contribution in [0.3, 0.4) is 0 Å². The van der Waals surface area contributed by atoms with Crippen LogP contribution in [-0.4, -0.2) is 19.8 Å². The number of benzene rings is 2. The van der Waals surface area contributed by atoms with Crippen molar-refractivity contribution in [2.45, 2.75) is 19.5 Å². The Hall–Kier alpha value is -1.84. The van der Waals surface area contributed by atoms with Crippen LogP contribution in [-0.2, 0) is 11.3 Å². The average Bonchev–Trinajstić information content (AvgIpc) is 2.47. The topological polar surface area (TPSA) is 30.5 Å². The van der Waals surface area contributed by atoms with Gasteiger partial charge in [0, 0.05) is 19.7 Å². The molecule has 0 saturated carbocycles. The molecule has 20 heavy (non-hydrogen) atoms. The molecule has 0 heterocycles. The van der Waals surface area contributed by atoms with Gasteiger partial charge in [0.1, 0.15) is 11.5 Å². The largest absolute Gasteiger partial charge is 0.457 e. The fourth-order valence-electron chi connectivity index (χ4n) is 1.94. The zero-order valence-electron chi connectivity index (χ0n) is 12.0. The Balaban J connectivity index is 1.94. The van der Waals surface area contributed by atoms with Crippen molar-refractivity contribution in [3.8, 4) is 11.5 Å². The summed E-state index contributed by atoms with van der Waals surface area (Å²) < 4.78 is 10.9. The first-order valence-corrected chi connectivity index (χ1v) is 6.82. The number of para-hydroxylation sites is 1. The molecule has 0 amide bonds. The smallest absolute Gasteiger partial charge is 0.127 e. The van der Waals surface area contributed by atoms with Crippen LogP contribution in [0.2, 0.25) is 0 Å². The molecule has 0 bridgehead atoms. The van der Waals surface area contributed by atoms with Gasteiger partial charge < -0.3 is 14.8 Å². The van der Waals surface area contributed by atoms with Crippen LogP contribution in [0.25, 0.3) is 0 Å². The molecule has 0 saturated heterocycles. The summed E-state index contributed by atoms with van der Waals surface area (Å²) in [4.78, 5) is 0. The Morgan fingerprint density at radius 3 is 2.50 bits per heavy atom. The molecule has 106 valence electrons. The third-order valence-electron chi connectivity index (χ3n) is 2.95. The summed E-state index contributed by atoms with van der Waals surface area (Å²) >= 11 is 0. The fraction of sp³-hybridized carbons (Fsp3) is 0.294. The van der Waals surface area contributed by atoms with E-state index in [1.165, 1.54) is 5.56 Å². The minimum Gasteiger partial charge on any atom is -0.457 e. The molecule has 1 atom stereocenters. The molecule has 0 aliphatic rings. The van der Waals surface area contributed by atoms with Gasteiger partial charge in [-0.1, -0.05) is 30.3 Å². The van der Waals surface area contributed by atoms with Crippen LogP contribution in [0.4, 0.5) is 0 Å². The summed E-state index contributed by atoms with van der Waals surface area (Å²) in [5, 5.41) is 3.41. The molecule has 0 spiro atoms. The molecule has 2 rings (SSSR count). The maximum absolute atomic E-state index is 5.82. The number of ether oxygens (including phenoxy) is 2. The fourth-order valence-corrected chi connectivity index (χ4v) is 1.94. The van der Waals surface area contributed by atoms with Gasteiger partial charge in [-0.3, -0.25) is 0 Å². The van der Waals surface area contributed by atoms with E-state index >= 15 is 0 Å². The van der Waals surface area contributed by atoms with Crippen molar-refractivity contribution in [3.63, 3.8) is 0 Å². The standard InChI is InChI=1S/C17H21NO2/c1-14(13-19-2)18-12-15-7-6-10-17(11-15)20-16-8-4-3-5-9-16/h3-11,14,18H,12-13H2,1-2H3/t14-/m1/s1. The van der Waals surface area contributed by atoms with Crippen LogP contribution in [0.5, 0.6) is 11.5 Å². The molecule has 0 fully saturated rings. The normalized spacial score (nSPS) is 12.1. The summed E-state index contributed by atoms with van der Waals surface area (Å²) in [6, 6.07) is 18.3. The molecule has 0 aromatic heterocycles. The van der Waals surface area contributed by atoms with Gasteiger partial charge in [-0.05, 0) is 36.8 Å². The lowest BCUT2D eigenvalue weighted by atomic mass is 10.2. The first-order valence-electron chi connectivity index (χ1n) is 6.82. The molecule has 2 aromatic rings. The van der Waals surface area contributed by atoms with E-state index in [9.17, 15) is 0 Å². The van der Waals surface area contributed by atoms with Gasteiger partial charge in [0.25, 0.3) is 0 Å². The number of rotatable bonds is 7. The van der Waals surface area contributed by atoms with Crippen molar-refractivity contribution in [1.82, 2.24) is 5.32 Å². The van der Waals surface area contributed by atoms with Crippen LogP contribution >= 0.6 is 0 Å². The van der Waals surface area contributed by atoms with Gasteiger partial charge in [0.05, 0.1) is 6.61 Å². The van der Waals surface area contributed by atoms with Gasteiger partial charge in [-0.2, -0.15) is 0 Å². The zero-order chi connectivity index (χ0) is 14.2. The SMILES string of the molecule is COC[C@@H](C)NCc1cccc(Oc2ccccc2)c1. The van der Waals surface area contributed by atoms with Crippen molar-refractivity contribution in [1.29, 1.82) is 0 Å². The second kappa shape index (κ2) is 7.68. The monoisotopic (exact) mass is 271 g/mol. The van der Waals surface area contributed by atoms with E-state index in [0.717, 1.165) is 18.0 Å². The van der Waals surface area contributed by atoms with Crippen molar-refractivity contribution in [3.05, 3.63) is 60.2 Å². The van der Waals surface area contributed by atoms with Crippen molar-refractivity contribution in [2.75, 3.05) is 13.7 Å². The minimum atomic E-state index is 0.332. The second-order valence-electron chi connectivity index (χ2n) is 4.80. The van der Waals surface area contributed by atoms with E-state index < -0.39 is 0 Å². The van der Waals surface area contributed by atoms with Crippen LogP contribution in [0.15, 0.2) is 54.6 Å². The van der Waals surface area contributed by atoms with E-state index in [0.29, 0.717) is 12.6 Å². The quantitative estimate of drug-likeness (QED) is 0.834. The number of methoxy groups -OCH3 is 1. The third kappa shape index (κ3) is 4.68. The van der Waals surface area contributed by atoms with Gasteiger partial charge in [0.2, 0.25) is 0 Å². The van der Waals surface area contributed by atoms with E-state index in [2.05, 4.69) is 24.4 Å². The Morgan fingerprint density at radius 2 is 1.75 bits per heavy atom. The van der Waals surface area contributed by atoms with Gasteiger partial charge in [-0.15, -0.1) is 0 Å². The Kier molecular flexibility index (Phi) is 5.59. The summed E-state index contributed by atoms with van der Waals surface area (Å²) in [6.45, 7) is 3.62. The lowest BCUT2D eigenvalue weighted by Gasteiger charge is -2.13. The highest BCUT2D eigenvalue weighted by molar-refractivity contribution is 5.33. The molecular weight excluding hydrogens is 250 g/mol. The Morgan fingerprint density at radius 1 is 1.00 bits per heavy atom. The van der Waals surface area contributed by atoms with Gasteiger partial charge in [-0.25, -0.2) is 0 Å². The van der Waals surface area contributed by atoms with Crippen LogP contribution < -0.4 is 10.1 Å². The highest BCUT2D eigenvalue weighted by Crippen LogP contribution is 2.21. The minimum absolute atomic E-state index is 0.332. The Bertz CT molecular complexity index is 513. The highest BCUT2D eigenvalue weighted by Gasteiger charge is 2.02. The van der Waals surface area contributed by atoms with E-state index in [-0.39, 0.29) is 0 Å². The summed E-state index contributed by atoms with van der Waals surface area (Å²) in [6.07, 6.45) is 0. The Labute approximate surface area is 120 Å². The molecule has 0 aliphatic heterocycles. The maximum Gasteiger partial charge on any atom is 0.127 e. The second-order valence-corrected chi connectivity index (χ2v) is 4.80. The number of hydrogen-bond donors (Lipinski definition) is 1. The molecular formula is C17H21NO2. The predicted octanol–water partition coefficient (Wildman–Crippen LogP) is 3.60. The highest BCUT2D eigenvalue weighted by atomic mass is 16.5. The molecule has 2 aromatic carbocycles. The lowest BCUT2D eigenvalue weighted by Crippen LogP contribution is -2.29.